The lowest BCUT2D eigenvalue weighted by Gasteiger charge is -2.09. The highest BCUT2D eigenvalue weighted by atomic mass is 16.5. The topological polar surface area (TPSA) is 34.1 Å². The highest BCUT2D eigenvalue weighted by Crippen LogP contribution is 2.20. The smallest absolute Gasteiger partial charge is 0.0722 e. The molecule has 1 heterocycles. The average Bonchev–Trinajstić information content (AvgIpc) is 2.43. The first-order valence-electron chi connectivity index (χ1n) is 6.57. The molecule has 0 aliphatic heterocycles. The Morgan fingerprint density at radius 1 is 1.17 bits per heavy atom. The van der Waals surface area contributed by atoms with Crippen molar-refractivity contribution >= 4 is 16.6 Å². The van der Waals surface area contributed by atoms with Crippen LogP contribution in [0.5, 0.6) is 0 Å². The highest BCUT2D eigenvalue weighted by Gasteiger charge is 1.99. The van der Waals surface area contributed by atoms with E-state index in [1.54, 1.807) is 0 Å². The summed E-state index contributed by atoms with van der Waals surface area (Å²) in [6.45, 7) is 4.61. The Balaban J connectivity index is 1.88. The van der Waals surface area contributed by atoms with Crippen LogP contribution in [0.4, 0.5) is 5.69 Å². The number of pyridine rings is 1. The van der Waals surface area contributed by atoms with Crippen LogP contribution in [0.2, 0.25) is 0 Å². The number of rotatable bonds is 7. The van der Waals surface area contributed by atoms with Crippen molar-refractivity contribution in [3.63, 3.8) is 0 Å². The van der Waals surface area contributed by atoms with Crippen LogP contribution in [-0.2, 0) is 4.74 Å². The van der Waals surface area contributed by atoms with Gasteiger partial charge in [-0.1, -0.05) is 31.5 Å². The Bertz CT molecular complexity index is 479. The molecule has 0 radical (unpaired) electrons. The molecule has 18 heavy (non-hydrogen) atoms. The van der Waals surface area contributed by atoms with Crippen LogP contribution >= 0.6 is 0 Å². The molecule has 3 nitrogen and oxygen atoms in total. The molecule has 0 aliphatic carbocycles. The predicted molar refractivity (Wildman–Crippen MR) is 76.0 cm³/mol. The van der Waals surface area contributed by atoms with E-state index in [1.165, 1.54) is 6.42 Å². The number of ether oxygens (including phenoxy) is 1. The molecular formula is C15H20N2O. The van der Waals surface area contributed by atoms with Crippen LogP contribution in [0.3, 0.4) is 0 Å². The maximum absolute atomic E-state index is 5.53. The maximum Gasteiger partial charge on any atom is 0.0722 e. The summed E-state index contributed by atoms with van der Waals surface area (Å²) < 4.78 is 5.53. The quantitative estimate of drug-likeness (QED) is 0.757. The van der Waals surface area contributed by atoms with Crippen LogP contribution in [0.1, 0.15) is 19.8 Å². The van der Waals surface area contributed by atoms with E-state index < -0.39 is 0 Å². The molecule has 0 bridgehead atoms. The Hall–Kier alpha value is -1.61. The van der Waals surface area contributed by atoms with Gasteiger partial charge in [0, 0.05) is 30.4 Å². The zero-order valence-corrected chi connectivity index (χ0v) is 10.9. The minimum absolute atomic E-state index is 0.747. The molecule has 2 rings (SSSR count). The molecule has 0 atom stereocenters. The summed E-state index contributed by atoms with van der Waals surface area (Å²) in [4.78, 5) is 4.34. The van der Waals surface area contributed by atoms with Crippen molar-refractivity contribution in [2.45, 2.75) is 19.8 Å². The summed E-state index contributed by atoms with van der Waals surface area (Å²) in [6.07, 6.45) is 4.16. The molecule has 0 aliphatic rings. The van der Waals surface area contributed by atoms with Gasteiger partial charge in [-0.25, -0.2) is 0 Å². The average molecular weight is 244 g/mol. The van der Waals surface area contributed by atoms with Crippen molar-refractivity contribution in [1.82, 2.24) is 4.98 Å². The maximum atomic E-state index is 5.53. The van der Waals surface area contributed by atoms with Crippen molar-refractivity contribution in [1.29, 1.82) is 0 Å². The van der Waals surface area contributed by atoms with Crippen LogP contribution in [0.15, 0.2) is 36.5 Å². The van der Waals surface area contributed by atoms with Crippen LogP contribution in [0.25, 0.3) is 10.9 Å². The third-order valence-corrected chi connectivity index (χ3v) is 2.85. The Morgan fingerprint density at radius 3 is 2.94 bits per heavy atom. The molecule has 0 fully saturated rings. The summed E-state index contributed by atoms with van der Waals surface area (Å²) in [5.41, 5.74) is 2.15. The first kappa shape index (κ1) is 12.8. The fraction of sp³-hybridized carbons (Fsp3) is 0.400. The van der Waals surface area contributed by atoms with Crippen molar-refractivity contribution in [3.8, 4) is 0 Å². The minimum Gasteiger partial charge on any atom is -0.382 e. The Kier molecular flexibility index (Phi) is 4.97. The second-order valence-electron chi connectivity index (χ2n) is 4.27. The van der Waals surface area contributed by atoms with Gasteiger partial charge in [0.2, 0.25) is 0 Å². The Morgan fingerprint density at radius 2 is 2.06 bits per heavy atom. The number of nitrogens with zero attached hydrogens (tertiary/aromatic N) is 1. The number of fused-ring (bicyclic) bond motifs is 1. The second kappa shape index (κ2) is 6.97. The van der Waals surface area contributed by atoms with Gasteiger partial charge in [0.05, 0.1) is 12.1 Å². The SMILES string of the molecule is CCCCOCCNc1ccnc2ccccc12. The summed E-state index contributed by atoms with van der Waals surface area (Å²) in [6, 6.07) is 10.2. The number of hydrogen-bond donors (Lipinski definition) is 1. The third-order valence-electron chi connectivity index (χ3n) is 2.85. The van der Waals surface area contributed by atoms with E-state index >= 15 is 0 Å². The van der Waals surface area contributed by atoms with E-state index in [9.17, 15) is 0 Å². The summed E-state index contributed by atoms with van der Waals surface area (Å²) >= 11 is 0. The van der Waals surface area contributed by atoms with E-state index in [-0.39, 0.29) is 0 Å². The second-order valence-corrected chi connectivity index (χ2v) is 4.27. The molecule has 96 valence electrons. The third kappa shape index (κ3) is 3.44. The van der Waals surface area contributed by atoms with E-state index in [1.807, 2.05) is 30.5 Å². The molecule has 0 saturated carbocycles. The summed E-state index contributed by atoms with van der Waals surface area (Å²) in [5, 5.41) is 4.56. The fourth-order valence-electron chi connectivity index (χ4n) is 1.86. The van der Waals surface area contributed by atoms with E-state index in [0.29, 0.717) is 0 Å². The van der Waals surface area contributed by atoms with Crippen LogP contribution in [-0.4, -0.2) is 24.7 Å². The van der Waals surface area contributed by atoms with Gasteiger partial charge in [-0.2, -0.15) is 0 Å². The van der Waals surface area contributed by atoms with Gasteiger partial charge in [-0.3, -0.25) is 4.98 Å². The lowest BCUT2D eigenvalue weighted by Crippen LogP contribution is -2.10. The lowest BCUT2D eigenvalue weighted by atomic mass is 10.2. The van der Waals surface area contributed by atoms with Gasteiger partial charge in [0.1, 0.15) is 0 Å². The number of nitrogens with one attached hydrogen (secondary N) is 1. The summed E-state index contributed by atoms with van der Waals surface area (Å²) in [5.74, 6) is 0. The predicted octanol–water partition coefficient (Wildman–Crippen LogP) is 3.46. The minimum atomic E-state index is 0.747. The molecule has 2 aromatic rings. The van der Waals surface area contributed by atoms with Gasteiger partial charge >= 0.3 is 0 Å². The fourth-order valence-corrected chi connectivity index (χ4v) is 1.86. The van der Waals surface area contributed by atoms with Crippen molar-refractivity contribution < 1.29 is 4.74 Å². The normalized spacial score (nSPS) is 10.7. The zero-order valence-electron chi connectivity index (χ0n) is 10.9. The van der Waals surface area contributed by atoms with E-state index in [0.717, 1.165) is 42.8 Å². The molecule has 1 aromatic carbocycles. The van der Waals surface area contributed by atoms with E-state index in [4.69, 9.17) is 4.74 Å². The van der Waals surface area contributed by atoms with Gasteiger partial charge < -0.3 is 10.1 Å². The molecule has 0 spiro atoms. The number of para-hydroxylation sites is 1. The Labute approximate surface area is 108 Å². The van der Waals surface area contributed by atoms with Crippen LogP contribution < -0.4 is 5.32 Å². The van der Waals surface area contributed by atoms with Crippen molar-refractivity contribution in [2.75, 3.05) is 25.1 Å². The van der Waals surface area contributed by atoms with Gasteiger partial charge in [0.15, 0.2) is 0 Å². The molecule has 3 heteroatoms. The lowest BCUT2D eigenvalue weighted by molar-refractivity contribution is 0.141. The number of hydrogen-bond acceptors (Lipinski definition) is 3. The van der Waals surface area contributed by atoms with Gasteiger partial charge in [0.25, 0.3) is 0 Å². The zero-order chi connectivity index (χ0) is 12.6. The highest BCUT2D eigenvalue weighted by molar-refractivity contribution is 5.90. The first-order chi connectivity index (χ1) is 8.92. The number of anilines is 1. The molecule has 1 N–H and O–H groups in total. The van der Waals surface area contributed by atoms with Crippen molar-refractivity contribution in [2.24, 2.45) is 0 Å². The standard InChI is InChI=1S/C15H20N2O/c1-2-3-11-18-12-10-17-15-8-9-16-14-7-5-4-6-13(14)15/h4-9H,2-3,10-12H2,1H3,(H,16,17). The van der Waals surface area contributed by atoms with Gasteiger partial charge in [-0.15, -0.1) is 0 Å². The molecule has 0 amide bonds. The number of aromatic nitrogens is 1. The van der Waals surface area contributed by atoms with E-state index in [2.05, 4.69) is 23.3 Å². The molecule has 0 saturated heterocycles. The van der Waals surface area contributed by atoms with Crippen molar-refractivity contribution in [3.05, 3.63) is 36.5 Å². The molecular weight excluding hydrogens is 224 g/mol. The van der Waals surface area contributed by atoms with Gasteiger partial charge in [-0.05, 0) is 18.6 Å². The number of benzene rings is 1. The molecule has 0 unspecified atom stereocenters. The monoisotopic (exact) mass is 244 g/mol. The molecule has 1 aromatic heterocycles. The van der Waals surface area contributed by atoms with Crippen LogP contribution in [0, 0.1) is 0 Å². The first-order valence-corrected chi connectivity index (χ1v) is 6.57. The summed E-state index contributed by atoms with van der Waals surface area (Å²) in [7, 11) is 0. The number of unbranched alkanes of at least 4 members (excludes halogenated alkanes) is 1. The largest absolute Gasteiger partial charge is 0.382 e.